The van der Waals surface area contributed by atoms with Gasteiger partial charge in [-0.25, -0.2) is 4.79 Å². The predicted molar refractivity (Wildman–Crippen MR) is 77.9 cm³/mol. The summed E-state index contributed by atoms with van der Waals surface area (Å²) >= 11 is 0. The molecular formula is C15H27NO4. The maximum atomic E-state index is 11.9. The summed E-state index contributed by atoms with van der Waals surface area (Å²) in [5.41, 5.74) is 5.75. The number of carbonyl (C=O) groups excluding carboxylic acids is 2. The first-order valence-electron chi connectivity index (χ1n) is 7.01. The molecule has 2 atom stereocenters. The summed E-state index contributed by atoms with van der Waals surface area (Å²) < 4.78 is 10.2. The minimum Gasteiger partial charge on any atom is -0.459 e. The monoisotopic (exact) mass is 285 g/mol. The van der Waals surface area contributed by atoms with Crippen LogP contribution in [0.5, 0.6) is 0 Å². The van der Waals surface area contributed by atoms with Crippen molar-refractivity contribution in [2.75, 3.05) is 6.61 Å². The first kappa shape index (κ1) is 18.6. The Morgan fingerprint density at radius 3 is 2.10 bits per heavy atom. The van der Waals surface area contributed by atoms with E-state index < -0.39 is 24.1 Å². The minimum absolute atomic E-state index is 0.100. The third-order valence-electron chi connectivity index (χ3n) is 2.58. The topological polar surface area (TPSA) is 78.6 Å². The van der Waals surface area contributed by atoms with Gasteiger partial charge < -0.3 is 15.2 Å². The van der Waals surface area contributed by atoms with E-state index in [0.29, 0.717) is 12.8 Å². The van der Waals surface area contributed by atoms with Crippen molar-refractivity contribution in [3.63, 3.8) is 0 Å². The van der Waals surface area contributed by atoms with Gasteiger partial charge >= 0.3 is 11.9 Å². The van der Waals surface area contributed by atoms with Crippen molar-refractivity contribution < 1.29 is 19.1 Å². The van der Waals surface area contributed by atoms with E-state index in [0.717, 1.165) is 0 Å². The Bertz CT molecular complexity index is 326. The van der Waals surface area contributed by atoms with E-state index in [9.17, 15) is 9.59 Å². The molecule has 0 saturated carbocycles. The van der Waals surface area contributed by atoms with E-state index in [1.165, 1.54) is 6.08 Å². The normalized spacial score (nSPS) is 13.9. The van der Waals surface area contributed by atoms with Crippen molar-refractivity contribution in [2.45, 2.75) is 52.7 Å². The summed E-state index contributed by atoms with van der Waals surface area (Å²) in [6.07, 6.45) is 1.50. The first-order valence-corrected chi connectivity index (χ1v) is 7.01. The Morgan fingerprint density at radius 1 is 1.10 bits per heavy atom. The van der Waals surface area contributed by atoms with Gasteiger partial charge in [-0.3, -0.25) is 4.79 Å². The second-order valence-corrected chi connectivity index (χ2v) is 5.71. The molecule has 0 fully saturated rings. The van der Waals surface area contributed by atoms with Crippen LogP contribution < -0.4 is 5.73 Å². The highest BCUT2D eigenvalue weighted by Gasteiger charge is 2.28. The van der Waals surface area contributed by atoms with Crippen LogP contribution >= 0.6 is 0 Å². The second-order valence-electron chi connectivity index (χ2n) is 5.71. The summed E-state index contributed by atoms with van der Waals surface area (Å²) in [5, 5.41) is 0. The highest BCUT2D eigenvalue weighted by molar-refractivity contribution is 5.81. The van der Waals surface area contributed by atoms with Gasteiger partial charge in [-0.05, 0) is 24.7 Å². The Morgan fingerprint density at radius 2 is 1.65 bits per heavy atom. The second kappa shape index (κ2) is 9.53. The number of hydrogen-bond acceptors (Lipinski definition) is 5. The molecule has 116 valence electrons. The van der Waals surface area contributed by atoms with E-state index >= 15 is 0 Å². The molecule has 0 aromatic rings. The fourth-order valence-electron chi connectivity index (χ4n) is 1.69. The van der Waals surface area contributed by atoms with Crippen LogP contribution in [-0.4, -0.2) is 30.7 Å². The number of ether oxygens (including phenoxy) is 2. The molecule has 0 spiro atoms. The number of nitrogens with two attached hydrogens (primary N) is 1. The van der Waals surface area contributed by atoms with Crippen LogP contribution in [0.1, 0.15) is 40.5 Å². The molecule has 0 aliphatic heterocycles. The fraction of sp³-hybridized carbons (Fsp3) is 0.733. The van der Waals surface area contributed by atoms with E-state index in [4.69, 9.17) is 15.2 Å². The van der Waals surface area contributed by atoms with Crippen molar-refractivity contribution in [2.24, 2.45) is 17.6 Å². The van der Waals surface area contributed by atoms with Crippen molar-refractivity contribution in [3.8, 4) is 0 Å². The zero-order valence-corrected chi connectivity index (χ0v) is 12.9. The van der Waals surface area contributed by atoms with E-state index in [2.05, 4.69) is 6.58 Å². The zero-order valence-electron chi connectivity index (χ0n) is 12.9. The SMILES string of the molecule is C=CCOC(=O)[C@H](CC(C)C)OC(=O)[C@@H](N)CC(C)C. The third kappa shape index (κ3) is 7.94. The van der Waals surface area contributed by atoms with Gasteiger partial charge in [-0.1, -0.05) is 40.3 Å². The molecule has 0 aromatic carbocycles. The summed E-state index contributed by atoms with van der Waals surface area (Å²) in [4.78, 5) is 23.7. The van der Waals surface area contributed by atoms with E-state index in [1.54, 1.807) is 0 Å². The lowest BCUT2D eigenvalue weighted by Gasteiger charge is -2.21. The lowest BCUT2D eigenvalue weighted by molar-refractivity contribution is -0.169. The first-order chi connectivity index (χ1) is 9.27. The highest BCUT2D eigenvalue weighted by Crippen LogP contribution is 2.13. The third-order valence-corrected chi connectivity index (χ3v) is 2.58. The average Bonchev–Trinajstić information content (AvgIpc) is 2.33. The predicted octanol–water partition coefficient (Wildman–Crippen LogP) is 2.05. The van der Waals surface area contributed by atoms with Crippen molar-refractivity contribution >= 4 is 11.9 Å². The standard InChI is InChI=1S/C15H27NO4/c1-6-7-19-15(18)13(9-11(4)5)20-14(17)12(16)8-10(2)3/h6,10-13H,1,7-9,16H2,2-5H3/t12-,13-/m0/s1. The summed E-state index contributed by atoms with van der Waals surface area (Å²) in [6.45, 7) is 11.4. The van der Waals surface area contributed by atoms with Gasteiger partial charge in [-0.2, -0.15) is 0 Å². The lowest BCUT2D eigenvalue weighted by Crippen LogP contribution is -2.39. The van der Waals surface area contributed by atoms with Crippen molar-refractivity contribution in [1.29, 1.82) is 0 Å². The van der Waals surface area contributed by atoms with Crippen LogP contribution in [0.2, 0.25) is 0 Å². The van der Waals surface area contributed by atoms with E-state index in [1.807, 2.05) is 27.7 Å². The smallest absolute Gasteiger partial charge is 0.347 e. The van der Waals surface area contributed by atoms with Crippen LogP contribution in [0.15, 0.2) is 12.7 Å². The molecule has 0 unspecified atom stereocenters. The van der Waals surface area contributed by atoms with Crippen LogP contribution in [0.3, 0.4) is 0 Å². The molecule has 2 N–H and O–H groups in total. The maximum absolute atomic E-state index is 11.9. The van der Waals surface area contributed by atoms with Gasteiger partial charge in [0.2, 0.25) is 0 Å². The number of carbonyl (C=O) groups is 2. The Hall–Kier alpha value is -1.36. The molecule has 20 heavy (non-hydrogen) atoms. The maximum Gasteiger partial charge on any atom is 0.347 e. The number of rotatable bonds is 9. The van der Waals surface area contributed by atoms with E-state index in [-0.39, 0.29) is 18.4 Å². The minimum atomic E-state index is -0.902. The Labute approximate surface area is 121 Å². The number of esters is 2. The summed E-state index contributed by atoms with van der Waals surface area (Å²) in [6, 6.07) is -0.711. The largest absolute Gasteiger partial charge is 0.459 e. The molecule has 0 amide bonds. The van der Waals surface area contributed by atoms with Crippen LogP contribution in [-0.2, 0) is 19.1 Å². The summed E-state index contributed by atoms with van der Waals surface area (Å²) in [5.74, 6) is -0.622. The fourth-order valence-corrected chi connectivity index (χ4v) is 1.69. The number of hydrogen-bond donors (Lipinski definition) is 1. The van der Waals surface area contributed by atoms with Crippen molar-refractivity contribution in [3.05, 3.63) is 12.7 Å². The Balaban J connectivity index is 4.58. The molecule has 0 bridgehead atoms. The molecular weight excluding hydrogens is 258 g/mol. The van der Waals surface area contributed by atoms with Crippen LogP contribution in [0.25, 0.3) is 0 Å². The molecule has 5 nitrogen and oxygen atoms in total. The zero-order chi connectivity index (χ0) is 15.7. The molecule has 0 aromatic heterocycles. The van der Waals surface area contributed by atoms with Gasteiger partial charge in [0.25, 0.3) is 0 Å². The van der Waals surface area contributed by atoms with Crippen LogP contribution in [0.4, 0.5) is 0 Å². The average molecular weight is 285 g/mol. The quantitative estimate of drug-likeness (QED) is 0.518. The lowest BCUT2D eigenvalue weighted by atomic mass is 10.0. The molecule has 0 aliphatic carbocycles. The Kier molecular flexibility index (Phi) is 8.88. The summed E-state index contributed by atoms with van der Waals surface area (Å²) in [7, 11) is 0. The highest BCUT2D eigenvalue weighted by atomic mass is 16.6. The molecule has 0 aliphatic rings. The van der Waals surface area contributed by atoms with Gasteiger partial charge in [0.15, 0.2) is 6.10 Å². The van der Waals surface area contributed by atoms with Gasteiger partial charge in [0.05, 0.1) is 0 Å². The molecule has 5 heteroatoms. The van der Waals surface area contributed by atoms with Crippen molar-refractivity contribution in [1.82, 2.24) is 0 Å². The van der Waals surface area contributed by atoms with Gasteiger partial charge in [-0.15, -0.1) is 0 Å². The molecule has 0 radical (unpaired) electrons. The molecule has 0 heterocycles. The van der Waals surface area contributed by atoms with Crippen LogP contribution in [0, 0.1) is 11.8 Å². The molecule has 0 saturated heterocycles. The van der Waals surface area contributed by atoms with Gasteiger partial charge in [0.1, 0.15) is 12.6 Å². The van der Waals surface area contributed by atoms with Gasteiger partial charge in [0, 0.05) is 0 Å². The molecule has 0 rings (SSSR count).